The zero-order valence-electron chi connectivity index (χ0n) is 9.07. The number of aromatic nitrogens is 2. The van der Waals surface area contributed by atoms with Gasteiger partial charge in [0.05, 0.1) is 12.7 Å². The molecule has 0 bridgehead atoms. The summed E-state index contributed by atoms with van der Waals surface area (Å²) < 4.78 is 5.49. The summed E-state index contributed by atoms with van der Waals surface area (Å²) in [6, 6.07) is 4.70. The highest BCUT2D eigenvalue weighted by atomic mass is 79.9. The molecule has 0 aliphatic heterocycles. The summed E-state index contributed by atoms with van der Waals surface area (Å²) in [4.78, 5) is 23.0. The molecule has 7 nitrogen and oxygen atoms in total. The van der Waals surface area contributed by atoms with Gasteiger partial charge in [-0.2, -0.15) is 5.10 Å². The molecule has 18 heavy (non-hydrogen) atoms. The molecule has 0 aliphatic rings. The smallest absolute Gasteiger partial charge is 0.287 e. The Morgan fingerprint density at radius 3 is 2.83 bits per heavy atom. The van der Waals surface area contributed by atoms with Crippen LogP contribution in [0.3, 0.4) is 0 Å². The van der Waals surface area contributed by atoms with Crippen molar-refractivity contribution in [1.82, 2.24) is 15.5 Å². The summed E-state index contributed by atoms with van der Waals surface area (Å²) in [6.07, 6.45) is 1.51. The number of rotatable bonds is 4. The molecule has 0 radical (unpaired) electrons. The van der Waals surface area contributed by atoms with Crippen molar-refractivity contribution < 1.29 is 14.0 Å². The van der Waals surface area contributed by atoms with E-state index in [1.54, 1.807) is 12.1 Å². The maximum Gasteiger partial charge on any atom is 0.287 e. The molecule has 94 valence electrons. The van der Waals surface area contributed by atoms with Crippen molar-refractivity contribution >= 4 is 33.6 Å². The van der Waals surface area contributed by atoms with Gasteiger partial charge >= 0.3 is 0 Å². The number of H-pyrrole nitrogens is 1. The molecule has 2 aromatic rings. The second-order valence-corrected chi connectivity index (χ2v) is 4.09. The number of carbonyl (C=O) groups excluding carboxylic acids is 2. The molecule has 2 amide bonds. The van der Waals surface area contributed by atoms with Crippen molar-refractivity contribution in [3.8, 4) is 0 Å². The minimum absolute atomic E-state index is 0.135. The van der Waals surface area contributed by atoms with Gasteiger partial charge in [-0.3, -0.25) is 14.7 Å². The van der Waals surface area contributed by atoms with Gasteiger partial charge in [-0.25, -0.2) is 0 Å². The molecule has 0 saturated heterocycles. The number of anilines is 1. The Bertz CT molecular complexity index is 549. The van der Waals surface area contributed by atoms with Crippen molar-refractivity contribution in [3.05, 3.63) is 34.8 Å². The lowest BCUT2D eigenvalue weighted by atomic mass is 10.4. The maximum atomic E-state index is 11.5. The highest BCUT2D eigenvalue weighted by molar-refractivity contribution is 9.10. The lowest BCUT2D eigenvalue weighted by molar-refractivity contribution is -0.115. The van der Waals surface area contributed by atoms with Crippen LogP contribution in [0.4, 0.5) is 5.82 Å². The lowest BCUT2D eigenvalue weighted by Gasteiger charge is -2.03. The average molecular weight is 313 g/mol. The Labute approximate surface area is 110 Å². The van der Waals surface area contributed by atoms with Crippen molar-refractivity contribution in [2.24, 2.45) is 0 Å². The van der Waals surface area contributed by atoms with Gasteiger partial charge in [0.1, 0.15) is 5.82 Å². The van der Waals surface area contributed by atoms with Crippen LogP contribution >= 0.6 is 15.9 Å². The number of carbonyl (C=O) groups is 2. The van der Waals surface area contributed by atoms with Gasteiger partial charge < -0.3 is 15.1 Å². The first-order valence-electron chi connectivity index (χ1n) is 4.98. The van der Waals surface area contributed by atoms with E-state index in [0.29, 0.717) is 10.5 Å². The van der Waals surface area contributed by atoms with E-state index in [0.717, 1.165) is 0 Å². The number of amides is 2. The standard InChI is InChI=1S/C10H9BrN4O3/c11-7-2-1-6(18-7)10(17)12-5-9(16)14-8-3-4-13-15-8/h1-4H,5H2,(H,12,17)(H2,13,14,15,16). The van der Waals surface area contributed by atoms with E-state index in [9.17, 15) is 9.59 Å². The van der Waals surface area contributed by atoms with Crippen LogP contribution in [-0.2, 0) is 4.79 Å². The van der Waals surface area contributed by atoms with Gasteiger partial charge in [0.2, 0.25) is 5.91 Å². The number of halogens is 1. The van der Waals surface area contributed by atoms with Crippen LogP contribution in [0.1, 0.15) is 10.6 Å². The minimum atomic E-state index is -0.458. The van der Waals surface area contributed by atoms with Crippen molar-refractivity contribution in [1.29, 1.82) is 0 Å². The molecule has 0 aliphatic carbocycles. The monoisotopic (exact) mass is 312 g/mol. The summed E-state index contributed by atoms with van der Waals surface area (Å²) in [7, 11) is 0. The normalized spacial score (nSPS) is 10.1. The van der Waals surface area contributed by atoms with Crippen LogP contribution in [0, 0.1) is 0 Å². The van der Waals surface area contributed by atoms with Gasteiger partial charge in [-0.1, -0.05) is 0 Å². The zero-order chi connectivity index (χ0) is 13.0. The first kappa shape index (κ1) is 12.4. The summed E-state index contributed by atoms with van der Waals surface area (Å²) in [5.74, 6) is -0.218. The molecular weight excluding hydrogens is 304 g/mol. The maximum absolute atomic E-state index is 11.5. The third kappa shape index (κ3) is 3.20. The summed E-state index contributed by atoms with van der Waals surface area (Å²) in [5, 5.41) is 11.2. The largest absolute Gasteiger partial charge is 0.444 e. The number of aromatic amines is 1. The summed E-state index contributed by atoms with van der Waals surface area (Å²) in [6.45, 7) is -0.157. The molecule has 2 rings (SSSR count). The molecule has 3 N–H and O–H groups in total. The third-order valence-corrected chi connectivity index (χ3v) is 2.41. The fourth-order valence-corrected chi connectivity index (χ4v) is 1.51. The SMILES string of the molecule is O=C(CNC(=O)c1ccc(Br)o1)Nc1ccn[nH]1. The van der Waals surface area contributed by atoms with Crippen molar-refractivity contribution in [3.63, 3.8) is 0 Å². The Morgan fingerprint density at radius 1 is 1.39 bits per heavy atom. The zero-order valence-corrected chi connectivity index (χ0v) is 10.7. The number of nitrogens with zero attached hydrogens (tertiary/aromatic N) is 1. The molecule has 0 saturated carbocycles. The average Bonchev–Trinajstić information content (AvgIpc) is 2.97. The number of furan rings is 1. The van der Waals surface area contributed by atoms with Gasteiger partial charge in [0, 0.05) is 6.07 Å². The molecule has 0 atom stereocenters. The van der Waals surface area contributed by atoms with Crippen LogP contribution in [0.5, 0.6) is 0 Å². The molecular formula is C10H9BrN4O3. The Hall–Kier alpha value is -2.09. The van der Waals surface area contributed by atoms with E-state index < -0.39 is 5.91 Å². The number of hydrogen-bond donors (Lipinski definition) is 3. The van der Waals surface area contributed by atoms with E-state index in [1.165, 1.54) is 12.3 Å². The predicted octanol–water partition coefficient (Wildman–Crippen LogP) is 1.13. The predicted molar refractivity (Wildman–Crippen MR) is 66.0 cm³/mol. The van der Waals surface area contributed by atoms with Gasteiger partial charge in [0.15, 0.2) is 10.4 Å². The first-order valence-corrected chi connectivity index (χ1v) is 5.77. The fraction of sp³-hybridized carbons (Fsp3) is 0.100. The molecule has 0 unspecified atom stereocenters. The van der Waals surface area contributed by atoms with Crippen LogP contribution in [-0.4, -0.2) is 28.6 Å². The van der Waals surface area contributed by atoms with E-state index in [4.69, 9.17) is 4.42 Å². The fourth-order valence-electron chi connectivity index (χ4n) is 1.20. The lowest BCUT2D eigenvalue weighted by Crippen LogP contribution is -2.32. The number of nitrogens with one attached hydrogen (secondary N) is 3. The molecule has 2 aromatic heterocycles. The quantitative estimate of drug-likeness (QED) is 0.788. The van der Waals surface area contributed by atoms with E-state index in [1.807, 2.05) is 0 Å². The van der Waals surface area contributed by atoms with Crippen LogP contribution in [0.25, 0.3) is 0 Å². The topological polar surface area (TPSA) is 100 Å². The highest BCUT2D eigenvalue weighted by Gasteiger charge is 2.11. The second kappa shape index (κ2) is 5.50. The summed E-state index contributed by atoms with van der Waals surface area (Å²) >= 11 is 3.08. The molecule has 0 fully saturated rings. The van der Waals surface area contributed by atoms with E-state index in [2.05, 4.69) is 36.8 Å². The van der Waals surface area contributed by atoms with Gasteiger partial charge in [-0.05, 0) is 28.1 Å². The van der Waals surface area contributed by atoms with Gasteiger partial charge in [-0.15, -0.1) is 0 Å². The molecule has 2 heterocycles. The number of hydrogen-bond acceptors (Lipinski definition) is 4. The minimum Gasteiger partial charge on any atom is -0.444 e. The van der Waals surface area contributed by atoms with Gasteiger partial charge in [0.25, 0.3) is 5.91 Å². The molecule has 0 spiro atoms. The van der Waals surface area contributed by atoms with E-state index >= 15 is 0 Å². The van der Waals surface area contributed by atoms with Crippen LogP contribution in [0.2, 0.25) is 0 Å². The first-order chi connectivity index (χ1) is 8.65. The van der Waals surface area contributed by atoms with Crippen LogP contribution < -0.4 is 10.6 Å². The van der Waals surface area contributed by atoms with Crippen LogP contribution in [0.15, 0.2) is 33.5 Å². The Kier molecular flexibility index (Phi) is 3.78. The highest BCUT2D eigenvalue weighted by Crippen LogP contribution is 2.13. The Morgan fingerprint density at radius 2 is 2.22 bits per heavy atom. The molecule has 8 heteroatoms. The van der Waals surface area contributed by atoms with Crippen molar-refractivity contribution in [2.45, 2.75) is 0 Å². The second-order valence-electron chi connectivity index (χ2n) is 3.30. The molecule has 0 aromatic carbocycles. The van der Waals surface area contributed by atoms with Crippen molar-refractivity contribution in [2.75, 3.05) is 11.9 Å². The Balaban J connectivity index is 1.81. The summed E-state index contributed by atoms with van der Waals surface area (Å²) in [5.41, 5.74) is 0. The third-order valence-electron chi connectivity index (χ3n) is 1.98. The van der Waals surface area contributed by atoms with E-state index in [-0.39, 0.29) is 18.2 Å².